The smallest absolute Gasteiger partial charge is 0.273 e. The minimum absolute atomic E-state index is 0. The van der Waals surface area contributed by atoms with Crippen molar-refractivity contribution < 1.29 is 25.9 Å². The first-order valence-corrected chi connectivity index (χ1v) is 10.5. The van der Waals surface area contributed by atoms with Gasteiger partial charge in [-0.3, -0.25) is 9.11 Å². The Labute approximate surface area is 168 Å². The molecule has 8 nitrogen and oxygen atoms in total. The van der Waals surface area contributed by atoms with Crippen molar-refractivity contribution in [3.8, 4) is 0 Å². The number of hydrogen-bond acceptors (Lipinski definition) is 4. The van der Waals surface area contributed by atoms with Crippen LogP contribution < -0.4 is 9.44 Å². The van der Waals surface area contributed by atoms with Gasteiger partial charge in [-0.2, -0.15) is 26.3 Å². The minimum Gasteiger partial charge on any atom is -0.273 e. The van der Waals surface area contributed by atoms with Crippen LogP contribution in [0.2, 0.25) is 0 Å². The van der Waals surface area contributed by atoms with Gasteiger partial charge in [0.15, 0.2) is 0 Å². The summed E-state index contributed by atoms with van der Waals surface area (Å²) in [5.41, 5.74) is 0. The van der Waals surface area contributed by atoms with Gasteiger partial charge in [0.25, 0.3) is 0 Å². The van der Waals surface area contributed by atoms with Crippen LogP contribution >= 0.6 is 0 Å². The molecule has 2 aliphatic rings. The van der Waals surface area contributed by atoms with Crippen molar-refractivity contribution in [3.05, 3.63) is 0 Å². The predicted octanol–water partition coefficient (Wildman–Crippen LogP) is 1.04. The van der Waals surface area contributed by atoms with E-state index in [1.807, 2.05) is 0 Å². The minimum atomic E-state index is -3.97. The molecule has 0 heterocycles. The van der Waals surface area contributed by atoms with E-state index in [0.717, 1.165) is 51.4 Å². The molecule has 0 spiro atoms. The van der Waals surface area contributed by atoms with Gasteiger partial charge in [0, 0.05) is 49.8 Å². The topological polar surface area (TPSA) is 133 Å². The third kappa shape index (κ3) is 13.9. The first kappa shape index (κ1) is 24.0. The Bertz CT molecular complexity index is 466. The fourth-order valence-corrected chi connectivity index (χ4v) is 4.18. The Hall–Kier alpha value is 1.000. The van der Waals surface area contributed by atoms with Crippen molar-refractivity contribution in [1.29, 1.82) is 0 Å². The Morgan fingerprint density at radius 3 is 1.09 bits per heavy atom. The molecule has 2 rings (SSSR count). The molecule has 0 aliphatic heterocycles. The van der Waals surface area contributed by atoms with Gasteiger partial charge in [-0.1, -0.05) is 38.5 Å². The molecule has 23 heavy (non-hydrogen) atoms. The third-order valence-corrected chi connectivity index (χ3v) is 5.10. The van der Waals surface area contributed by atoms with E-state index in [-0.39, 0.29) is 49.8 Å². The fraction of sp³-hybridized carbons (Fsp3) is 1.00. The monoisotopic (exact) mass is 398 g/mol. The average molecular weight is 399 g/mol. The molecule has 0 amide bonds. The van der Waals surface area contributed by atoms with Gasteiger partial charge in [-0.05, 0) is 25.7 Å². The third-order valence-electron chi connectivity index (χ3n) is 3.84. The molecule has 0 saturated heterocycles. The van der Waals surface area contributed by atoms with Gasteiger partial charge >= 0.3 is 20.6 Å². The summed E-state index contributed by atoms with van der Waals surface area (Å²) < 4.78 is 62.6. The molecule has 11 heteroatoms. The van der Waals surface area contributed by atoms with Gasteiger partial charge in [-0.15, -0.1) is 0 Å². The first-order valence-electron chi connectivity index (χ1n) is 7.65. The average Bonchev–Trinajstić information content (AvgIpc) is 2.38. The maximum absolute atomic E-state index is 10.3. The Balaban J connectivity index is 0.000000403. The maximum Gasteiger partial charge on any atom is 0.333 e. The van der Waals surface area contributed by atoms with Gasteiger partial charge in [0.05, 0.1) is 0 Å². The summed E-state index contributed by atoms with van der Waals surface area (Å²) >= 11 is 0. The van der Waals surface area contributed by atoms with Crippen LogP contribution in [0.3, 0.4) is 0 Å². The van der Waals surface area contributed by atoms with E-state index in [2.05, 4.69) is 9.44 Å². The van der Waals surface area contributed by atoms with E-state index in [0.29, 0.717) is 0 Å². The van der Waals surface area contributed by atoms with Gasteiger partial charge in [0.2, 0.25) is 0 Å². The molecule has 0 atom stereocenters. The quantitative estimate of drug-likeness (QED) is 0.413. The van der Waals surface area contributed by atoms with E-state index in [1.54, 1.807) is 0 Å². The molecule has 2 radical (unpaired) electrons. The Kier molecular flexibility index (Phi) is 12.1. The largest absolute Gasteiger partial charge is 0.333 e. The van der Waals surface area contributed by atoms with Crippen LogP contribution in [0.4, 0.5) is 0 Å². The second-order valence-corrected chi connectivity index (χ2v) is 8.23. The van der Waals surface area contributed by atoms with Crippen molar-refractivity contribution in [1.82, 2.24) is 9.44 Å². The molecule has 0 aromatic carbocycles. The molecular weight excluding hydrogens is 372 g/mol. The summed E-state index contributed by atoms with van der Waals surface area (Å²) in [4.78, 5) is 0. The standard InChI is InChI=1S/2C6H13NO3S.Ca/c2*8-11(9,10)7-6-4-2-1-3-5-6;/h2*6-7H,1-5H2,(H,8,9,10);. The van der Waals surface area contributed by atoms with Crippen molar-refractivity contribution in [2.75, 3.05) is 0 Å². The van der Waals surface area contributed by atoms with Crippen molar-refractivity contribution in [3.63, 3.8) is 0 Å². The molecule has 2 fully saturated rings. The SMILES string of the molecule is O=S(=O)(O)NC1CCCCC1.O=S(=O)(O)NC1CCCCC1.[Ca]. The van der Waals surface area contributed by atoms with E-state index < -0.39 is 20.6 Å². The molecule has 0 aromatic rings. The molecule has 4 N–H and O–H groups in total. The van der Waals surface area contributed by atoms with Crippen LogP contribution in [0.1, 0.15) is 64.2 Å². The molecule has 0 bridgehead atoms. The Morgan fingerprint density at radius 1 is 0.609 bits per heavy atom. The molecule has 2 saturated carbocycles. The normalized spacial score (nSPS) is 21.0. The molecular formula is C12H26CaN2O6S2. The van der Waals surface area contributed by atoms with Gasteiger partial charge < -0.3 is 0 Å². The van der Waals surface area contributed by atoms with Crippen LogP contribution in [0.25, 0.3) is 0 Å². The zero-order chi connectivity index (χ0) is 16.6. The zero-order valence-corrected chi connectivity index (χ0v) is 17.1. The van der Waals surface area contributed by atoms with Crippen molar-refractivity contribution in [2.45, 2.75) is 76.3 Å². The van der Waals surface area contributed by atoms with Crippen LogP contribution in [-0.2, 0) is 20.6 Å². The summed E-state index contributed by atoms with van der Waals surface area (Å²) in [5.74, 6) is 0. The number of rotatable bonds is 4. The van der Waals surface area contributed by atoms with Crippen LogP contribution in [0.5, 0.6) is 0 Å². The number of hydrogen-bond donors (Lipinski definition) is 4. The first-order chi connectivity index (χ1) is 10.2. The maximum atomic E-state index is 10.3. The summed E-state index contributed by atoms with van der Waals surface area (Å²) in [6.45, 7) is 0. The second kappa shape index (κ2) is 11.6. The zero-order valence-electron chi connectivity index (χ0n) is 13.3. The second-order valence-electron chi connectivity index (χ2n) is 5.86. The van der Waals surface area contributed by atoms with E-state index in [9.17, 15) is 16.8 Å². The van der Waals surface area contributed by atoms with Crippen LogP contribution in [0, 0.1) is 0 Å². The fourth-order valence-electron chi connectivity index (χ4n) is 2.86. The summed E-state index contributed by atoms with van der Waals surface area (Å²) in [5, 5.41) is 0. The van der Waals surface area contributed by atoms with Gasteiger partial charge in [0.1, 0.15) is 0 Å². The molecule has 0 unspecified atom stereocenters. The molecule has 0 aromatic heterocycles. The summed E-state index contributed by atoms with van der Waals surface area (Å²) in [6.07, 6.45) is 9.92. The number of nitrogens with one attached hydrogen (secondary N) is 2. The van der Waals surface area contributed by atoms with Crippen LogP contribution in [0.15, 0.2) is 0 Å². The van der Waals surface area contributed by atoms with Crippen molar-refractivity contribution >= 4 is 58.3 Å². The van der Waals surface area contributed by atoms with E-state index >= 15 is 0 Å². The predicted molar refractivity (Wildman–Crippen MR) is 88.9 cm³/mol. The molecule has 2 aliphatic carbocycles. The van der Waals surface area contributed by atoms with E-state index in [1.165, 1.54) is 12.8 Å². The Morgan fingerprint density at radius 2 is 0.870 bits per heavy atom. The summed E-state index contributed by atoms with van der Waals surface area (Å²) in [7, 11) is -7.95. The molecule has 134 valence electrons. The van der Waals surface area contributed by atoms with Crippen LogP contribution in [-0.4, -0.2) is 75.8 Å². The van der Waals surface area contributed by atoms with E-state index in [4.69, 9.17) is 9.11 Å². The van der Waals surface area contributed by atoms with Gasteiger partial charge in [-0.25, -0.2) is 0 Å². The van der Waals surface area contributed by atoms with Crippen molar-refractivity contribution in [2.24, 2.45) is 0 Å². The summed E-state index contributed by atoms with van der Waals surface area (Å²) in [6, 6.07) is -0.0856.